The van der Waals surface area contributed by atoms with Crippen LogP contribution < -0.4 is 4.90 Å². The van der Waals surface area contributed by atoms with E-state index < -0.39 is 0 Å². The number of nitrogens with zero attached hydrogens (tertiary/aromatic N) is 4. The highest BCUT2D eigenvalue weighted by atomic mass is 32.1. The fourth-order valence-corrected chi connectivity index (χ4v) is 4.92. The number of anilines is 1. The van der Waals surface area contributed by atoms with Crippen LogP contribution in [0.5, 0.6) is 0 Å². The Morgan fingerprint density at radius 2 is 2.31 bits per heavy atom. The summed E-state index contributed by atoms with van der Waals surface area (Å²) in [5, 5.41) is 5.41. The molecule has 3 heterocycles. The van der Waals surface area contributed by atoms with Gasteiger partial charge in [0.05, 0.1) is 24.4 Å². The van der Waals surface area contributed by atoms with Crippen molar-refractivity contribution >= 4 is 22.4 Å². The molecule has 1 amide bonds. The first-order valence-corrected chi connectivity index (χ1v) is 10.3. The van der Waals surface area contributed by atoms with E-state index in [4.69, 9.17) is 9.72 Å². The molecule has 6 nitrogen and oxygen atoms in total. The zero-order valence-electron chi connectivity index (χ0n) is 15.7. The standard InChI is InChI=1S/C19H26N4O2S/c1-4-22(18(24)13-7-8-25-11-13)19-21-17-14-9-20-23(10-12(2)3)15(14)5-6-16(17)26-19/h9,12-13H,4-8,10-11H2,1-3H3. The molecular formula is C19H26N4O2S. The van der Waals surface area contributed by atoms with Gasteiger partial charge in [-0.25, -0.2) is 4.98 Å². The Labute approximate surface area is 158 Å². The lowest BCUT2D eigenvalue weighted by atomic mass is 10.0. The number of hydrogen-bond donors (Lipinski definition) is 0. The number of carbonyl (C=O) groups is 1. The molecule has 1 unspecified atom stereocenters. The number of aryl methyl sites for hydroxylation is 1. The first kappa shape index (κ1) is 17.7. The number of aromatic nitrogens is 3. The highest BCUT2D eigenvalue weighted by Crippen LogP contribution is 2.39. The molecule has 0 bridgehead atoms. The van der Waals surface area contributed by atoms with Crippen molar-refractivity contribution in [3.05, 3.63) is 16.8 Å². The van der Waals surface area contributed by atoms with Crippen LogP contribution in [0.2, 0.25) is 0 Å². The number of thiazole rings is 1. The van der Waals surface area contributed by atoms with E-state index in [0.717, 1.165) is 42.2 Å². The van der Waals surface area contributed by atoms with Crippen LogP contribution in [0.1, 0.15) is 37.8 Å². The summed E-state index contributed by atoms with van der Waals surface area (Å²) >= 11 is 1.66. The molecule has 1 fully saturated rings. The monoisotopic (exact) mass is 374 g/mol. The maximum Gasteiger partial charge on any atom is 0.234 e. The predicted molar refractivity (Wildman–Crippen MR) is 103 cm³/mol. The molecular weight excluding hydrogens is 348 g/mol. The second-order valence-electron chi connectivity index (χ2n) is 7.49. The Bertz CT molecular complexity index is 805. The summed E-state index contributed by atoms with van der Waals surface area (Å²) in [5.41, 5.74) is 3.44. The third-order valence-corrected chi connectivity index (χ3v) is 6.25. The summed E-state index contributed by atoms with van der Waals surface area (Å²) in [6.45, 7) is 9.22. The van der Waals surface area contributed by atoms with Crippen LogP contribution in [0.25, 0.3) is 11.3 Å². The SMILES string of the molecule is CCN(C(=O)C1CCOC1)c1nc2c(s1)CCc1c-2cnn1CC(C)C. The zero-order chi connectivity index (χ0) is 18.3. The number of rotatable bonds is 5. The van der Waals surface area contributed by atoms with Gasteiger partial charge < -0.3 is 4.74 Å². The highest BCUT2D eigenvalue weighted by Gasteiger charge is 2.32. The van der Waals surface area contributed by atoms with Crippen molar-refractivity contribution in [3.63, 3.8) is 0 Å². The topological polar surface area (TPSA) is 60.3 Å². The van der Waals surface area contributed by atoms with Gasteiger partial charge in [0, 0.05) is 35.8 Å². The van der Waals surface area contributed by atoms with Gasteiger partial charge in [0.15, 0.2) is 5.13 Å². The Hall–Kier alpha value is -1.73. The molecule has 0 N–H and O–H groups in total. The van der Waals surface area contributed by atoms with Gasteiger partial charge in [0.1, 0.15) is 0 Å². The minimum absolute atomic E-state index is 0.0276. The third-order valence-electron chi connectivity index (χ3n) is 5.11. The van der Waals surface area contributed by atoms with E-state index >= 15 is 0 Å². The molecule has 1 atom stereocenters. The molecule has 2 aromatic rings. The van der Waals surface area contributed by atoms with Gasteiger partial charge in [0.25, 0.3) is 0 Å². The second-order valence-corrected chi connectivity index (χ2v) is 8.55. The largest absolute Gasteiger partial charge is 0.381 e. The maximum absolute atomic E-state index is 12.9. The van der Waals surface area contributed by atoms with Crippen molar-refractivity contribution in [3.8, 4) is 11.3 Å². The van der Waals surface area contributed by atoms with Crippen LogP contribution in [-0.2, 0) is 28.9 Å². The molecule has 7 heteroatoms. The van der Waals surface area contributed by atoms with Crippen molar-refractivity contribution in [1.29, 1.82) is 0 Å². The van der Waals surface area contributed by atoms with Crippen molar-refractivity contribution in [1.82, 2.24) is 14.8 Å². The minimum Gasteiger partial charge on any atom is -0.381 e. The number of ether oxygens (including phenoxy) is 1. The molecule has 0 spiro atoms. The molecule has 0 saturated carbocycles. The van der Waals surface area contributed by atoms with E-state index in [-0.39, 0.29) is 11.8 Å². The normalized spacial score (nSPS) is 18.8. The summed E-state index contributed by atoms with van der Waals surface area (Å²) in [5.74, 6) is 0.681. The lowest BCUT2D eigenvalue weighted by molar-refractivity contribution is -0.122. The van der Waals surface area contributed by atoms with Gasteiger partial charge in [-0.2, -0.15) is 5.10 Å². The molecule has 140 valence electrons. The summed E-state index contributed by atoms with van der Waals surface area (Å²) in [7, 11) is 0. The fourth-order valence-electron chi connectivity index (χ4n) is 3.78. The van der Waals surface area contributed by atoms with Crippen molar-refractivity contribution in [2.75, 3.05) is 24.7 Å². The molecule has 2 aromatic heterocycles. The predicted octanol–water partition coefficient (Wildman–Crippen LogP) is 3.15. The fraction of sp³-hybridized carbons (Fsp3) is 0.632. The second kappa shape index (κ2) is 7.12. The Balaban J connectivity index is 1.64. The molecule has 1 aliphatic heterocycles. The van der Waals surface area contributed by atoms with Crippen LogP contribution in [0.4, 0.5) is 5.13 Å². The average Bonchev–Trinajstić information content (AvgIpc) is 3.33. The summed E-state index contributed by atoms with van der Waals surface area (Å²) in [6, 6.07) is 0. The van der Waals surface area contributed by atoms with Crippen LogP contribution in [-0.4, -0.2) is 40.4 Å². The summed E-state index contributed by atoms with van der Waals surface area (Å²) < 4.78 is 7.52. The van der Waals surface area contributed by atoms with Gasteiger partial charge in [-0.15, -0.1) is 11.3 Å². The van der Waals surface area contributed by atoms with E-state index in [1.165, 1.54) is 10.6 Å². The average molecular weight is 375 g/mol. The Morgan fingerprint density at radius 3 is 3.00 bits per heavy atom. The van der Waals surface area contributed by atoms with Crippen molar-refractivity contribution in [2.24, 2.45) is 11.8 Å². The van der Waals surface area contributed by atoms with Crippen LogP contribution in [0.15, 0.2) is 6.20 Å². The maximum atomic E-state index is 12.9. The molecule has 0 radical (unpaired) electrons. The molecule has 1 saturated heterocycles. The van der Waals surface area contributed by atoms with Crippen LogP contribution >= 0.6 is 11.3 Å². The van der Waals surface area contributed by atoms with Crippen LogP contribution in [0, 0.1) is 11.8 Å². The Kier molecular flexibility index (Phi) is 4.84. The van der Waals surface area contributed by atoms with E-state index in [2.05, 4.69) is 23.6 Å². The Morgan fingerprint density at radius 1 is 1.46 bits per heavy atom. The first-order chi connectivity index (χ1) is 12.6. The lowest BCUT2D eigenvalue weighted by Crippen LogP contribution is -2.36. The zero-order valence-corrected chi connectivity index (χ0v) is 16.5. The summed E-state index contributed by atoms with van der Waals surface area (Å²) in [4.78, 5) is 20.8. The highest BCUT2D eigenvalue weighted by molar-refractivity contribution is 7.16. The van der Waals surface area contributed by atoms with E-state index in [1.54, 1.807) is 11.3 Å². The number of carbonyl (C=O) groups excluding carboxylic acids is 1. The minimum atomic E-state index is -0.0276. The molecule has 4 rings (SSSR count). The van der Waals surface area contributed by atoms with E-state index in [0.29, 0.717) is 25.7 Å². The molecule has 0 aromatic carbocycles. The summed E-state index contributed by atoms with van der Waals surface area (Å²) in [6.07, 6.45) is 4.73. The van der Waals surface area contributed by atoms with Crippen molar-refractivity contribution < 1.29 is 9.53 Å². The lowest BCUT2D eigenvalue weighted by Gasteiger charge is -2.20. The van der Waals surface area contributed by atoms with Gasteiger partial charge in [-0.05, 0) is 32.1 Å². The van der Waals surface area contributed by atoms with Gasteiger partial charge in [-0.3, -0.25) is 14.4 Å². The van der Waals surface area contributed by atoms with Crippen LogP contribution in [0.3, 0.4) is 0 Å². The third kappa shape index (κ3) is 3.07. The van der Waals surface area contributed by atoms with E-state index in [9.17, 15) is 4.79 Å². The van der Waals surface area contributed by atoms with Gasteiger partial charge in [0.2, 0.25) is 5.91 Å². The molecule has 1 aliphatic carbocycles. The number of amides is 1. The smallest absolute Gasteiger partial charge is 0.234 e. The number of hydrogen-bond acceptors (Lipinski definition) is 5. The van der Waals surface area contributed by atoms with Gasteiger partial charge in [-0.1, -0.05) is 13.8 Å². The quantitative estimate of drug-likeness (QED) is 0.807. The first-order valence-electron chi connectivity index (χ1n) is 9.52. The molecule has 2 aliphatic rings. The van der Waals surface area contributed by atoms with Crippen molar-refractivity contribution in [2.45, 2.75) is 46.6 Å². The molecule has 26 heavy (non-hydrogen) atoms. The van der Waals surface area contributed by atoms with E-state index in [1.807, 2.05) is 18.0 Å². The number of fused-ring (bicyclic) bond motifs is 3. The van der Waals surface area contributed by atoms with Gasteiger partial charge >= 0.3 is 0 Å².